The normalized spacial score (nSPS) is 36.0. The molecule has 1 heterocycles. The molecule has 0 spiro atoms. The molecule has 0 amide bonds. The molecule has 0 radical (unpaired) electrons. The van der Waals surface area contributed by atoms with E-state index < -0.39 is 0 Å². The van der Waals surface area contributed by atoms with Crippen molar-refractivity contribution in [2.45, 2.75) is 51.5 Å². The van der Waals surface area contributed by atoms with Gasteiger partial charge in [0, 0.05) is 24.2 Å². The summed E-state index contributed by atoms with van der Waals surface area (Å²) in [4.78, 5) is 2.76. The number of hydrogen-bond donors (Lipinski definition) is 0. The fourth-order valence-electron chi connectivity index (χ4n) is 5.14. The van der Waals surface area contributed by atoms with Crippen LogP contribution in [-0.4, -0.2) is 12.6 Å². The van der Waals surface area contributed by atoms with Crippen molar-refractivity contribution in [2.24, 2.45) is 11.8 Å². The Labute approximate surface area is 110 Å². The summed E-state index contributed by atoms with van der Waals surface area (Å²) in [5, 5.41) is 0. The molecule has 2 aliphatic carbocycles. The van der Waals surface area contributed by atoms with Crippen molar-refractivity contribution in [1.29, 1.82) is 0 Å². The predicted molar refractivity (Wildman–Crippen MR) is 76.2 cm³/mol. The van der Waals surface area contributed by atoms with E-state index in [9.17, 15) is 0 Å². The van der Waals surface area contributed by atoms with Crippen LogP contribution in [0, 0.1) is 18.8 Å². The second kappa shape index (κ2) is 3.76. The monoisotopic (exact) mass is 241 g/mol. The van der Waals surface area contributed by atoms with Gasteiger partial charge in [-0.1, -0.05) is 19.1 Å². The summed E-state index contributed by atoms with van der Waals surface area (Å²) in [6.45, 7) is 5.88. The predicted octanol–water partition coefficient (Wildman–Crippen LogP) is 4.11. The van der Waals surface area contributed by atoms with Gasteiger partial charge >= 0.3 is 0 Å². The summed E-state index contributed by atoms with van der Waals surface area (Å²) in [6.07, 6.45) is 5.75. The van der Waals surface area contributed by atoms with Gasteiger partial charge in [0.15, 0.2) is 0 Å². The van der Waals surface area contributed by atoms with E-state index in [4.69, 9.17) is 0 Å². The molecule has 2 fully saturated rings. The third-order valence-electron chi connectivity index (χ3n) is 5.64. The first-order valence-corrected chi connectivity index (χ1v) is 7.67. The van der Waals surface area contributed by atoms with E-state index in [1.54, 1.807) is 11.3 Å². The summed E-state index contributed by atoms with van der Waals surface area (Å²) in [5.41, 5.74) is 4.82. The summed E-state index contributed by atoms with van der Waals surface area (Å²) < 4.78 is 0. The third kappa shape index (κ3) is 1.23. The molecule has 1 heteroatoms. The summed E-state index contributed by atoms with van der Waals surface area (Å²) in [7, 11) is 0. The smallest absolute Gasteiger partial charge is 0.0407 e. The molecule has 1 aromatic rings. The lowest BCUT2D eigenvalue weighted by Crippen LogP contribution is -2.38. The highest BCUT2D eigenvalue weighted by Crippen LogP contribution is 2.61. The molecule has 0 unspecified atom stereocenters. The Morgan fingerprint density at radius 3 is 2.89 bits per heavy atom. The lowest BCUT2D eigenvalue weighted by atomic mass is 9.81. The molecule has 0 saturated heterocycles. The van der Waals surface area contributed by atoms with Gasteiger partial charge in [-0.15, -0.1) is 0 Å². The summed E-state index contributed by atoms with van der Waals surface area (Å²) in [6, 6.07) is 7.78. The second-order valence-electron chi connectivity index (χ2n) is 6.55. The fourth-order valence-corrected chi connectivity index (χ4v) is 5.14. The Morgan fingerprint density at radius 1 is 1.22 bits per heavy atom. The van der Waals surface area contributed by atoms with Gasteiger partial charge in [-0.3, -0.25) is 0 Å². The third-order valence-corrected chi connectivity index (χ3v) is 5.64. The number of anilines is 1. The SMILES string of the molecule is CCCN1c2cccc(C)c2[C@H]2[C@@H]3CC[C@@H](C3)[C@H]21. The largest absolute Gasteiger partial charge is 0.367 e. The minimum Gasteiger partial charge on any atom is -0.367 e. The molecule has 0 N–H and O–H groups in total. The van der Waals surface area contributed by atoms with E-state index in [-0.39, 0.29) is 0 Å². The van der Waals surface area contributed by atoms with Crippen molar-refractivity contribution in [3.05, 3.63) is 29.3 Å². The number of aryl methyl sites for hydroxylation is 1. The highest BCUT2D eigenvalue weighted by Gasteiger charge is 2.54. The second-order valence-corrected chi connectivity index (χ2v) is 6.55. The average Bonchev–Trinajstić information content (AvgIpc) is 3.02. The van der Waals surface area contributed by atoms with E-state index in [1.807, 2.05) is 0 Å². The van der Waals surface area contributed by atoms with Crippen LogP contribution >= 0.6 is 0 Å². The van der Waals surface area contributed by atoms with Gasteiger partial charge < -0.3 is 4.90 Å². The molecule has 4 rings (SSSR count). The minimum atomic E-state index is 0.847. The Balaban J connectivity index is 1.85. The molecular weight excluding hydrogens is 218 g/mol. The summed E-state index contributed by atoms with van der Waals surface area (Å²) in [5.74, 6) is 2.84. The molecule has 18 heavy (non-hydrogen) atoms. The van der Waals surface area contributed by atoms with Gasteiger partial charge in [0.25, 0.3) is 0 Å². The highest BCUT2D eigenvalue weighted by molar-refractivity contribution is 5.66. The van der Waals surface area contributed by atoms with E-state index >= 15 is 0 Å². The van der Waals surface area contributed by atoms with Crippen LogP contribution < -0.4 is 4.90 Å². The number of benzene rings is 1. The van der Waals surface area contributed by atoms with Crippen LogP contribution in [0.15, 0.2) is 18.2 Å². The first-order chi connectivity index (χ1) is 8.81. The van der Waals surface area contributed by atoms with Crippen molar-refractivity contribution in [3.63, 3.8) is 0 Å². The average molecular weight is 241 g/mol. The first kappa shape index (κ1) is 10.9. The minimum absolute atomic E-state index is 0.847. The maximum Gasteiger partial charge on any atom is 0.0407 e. The maximum absolute atomic E-state index is 2.76. The van der Waals surface area contributed by atoms with E-state index in [2.05, 4.69) is 36.9 Å². The summed E-state index contributed by atoms with van der Waals surface area (Å²) >= 11 is 0. The molecule has 96 valence electrons. The van der Waals surface area contributed by atoms with Crippen molar-refractivity contribution in [2.75, 3.05) is 11.4 Å². The van der Waals surface area contributed by atoms with E-state index in [0.717, 1.165) is 23.8 Å². The zero-order chi connectivity index (χ0) is 12.3. The Bertz CT molecular complexity index is 478. The van der Waals surface area contributed by atoms with Gasteiger partial charge in [0.1, 0.15) is 0 Å². The van der Waals surface area contributed by atoms with Gasteiger partial charge in [-0.2, -0.15) is 0 Å². The zero-order valence-electron chi connectivity index (χ0n) is 11.5. The molecule has 4 atom stereocenters. The molecular formula is C17H23N. The van der Waals surface area contributed by atoms with Crippen molar-refractivity contribution in [1.82, 2.24) is 0 Å². The Hall–Kier alpha value is -0.980. The van der Waals surface area contributed by atoms with E-state index in [0.29, 0.717) is 0 Å². The fraction of sp³-hybridized carbons (Fsp3) is 0.647. The number of hydrogen-bond acceptors (Lipinski definition) is 1. The van der Waals surface area contributed by atoms with Gasteiger partial charge in [-0.05, 0) is 61.6 Å². The molecule has 1 nitrogen and oxygen atoms in total. The standard InChI is InChI=1S/C17H23N/c1-3-9-18-14-6-4-5-11(2)15(14)16-12-7-8-13(10-12)17(16)18/h4-6,12-13,16-17H,3,7-10H2,1-2H3/t12-,13+,16-,17-/m1/s1. The Kier molecular flexibility index (Phi) is 2.27. The van der Waals surface area contributed by atoms with Crippen LogP contribution in [0.4, 0.5) is 5.69 Å². The number of fused-ring (bicyclic) bond motifs is 7. The number of rotatable bonds is 2. The van der Waals surface area contributed by atoms with Crippen LogP contribution in [0.3, 0.4) is 0 Å². The molecule has 3 aliphatic rings. The van der Waals surface area contributed by atoms with Crippen molar-refractivity contribution >= 4 is 5.69 Å². The zero-order valence-corrected chi connectivity index (χ0v) is 11.5. The van der Waals surface area contributed by atoms with Gasteiger partial charge in [0.05, 0.1) is 0 Å². The van der Waals surface area contributed by atoms with Crippen LogP contribution in [0.5, 0.6) is 0 Å². The number of nitrogens with zero attached hydrogens (tertiary/aromatic N) is 1. The van der Waals surface area contributed by atoms with Crippen LogP contribution in [0.1, 0.15) is 49.7 Å². The van der Waals surface area contributed by atoms with Crippen LogP contribution in [0.25, 0.3) is 0 Å². The van der Waals surface area contributed by atoms with Crippen molar-refractivity contribution < 1.29 is 0 Å². The molecule has 0 aromatic heterocycles. The maximum atomic E-state index is 2.76. The van der Waals surface area contributed by atoms with E-state index in [1.165, 1.54) is 37.8 Å². The molecule has 1 aromatic carbocycles. The molecule has 2 bridgehead atoms. The topological polar surface area (TPSA) is 3.24 Å². The lowest BCUT2D eigenvalue weighted by Gasteiger charge is -2.33. The Morgan fingerprint density at radius 2 is 2.06 bits per heavy atom. The van der Waals surface area contributed by atoms with Crippen LogP contribution in [-0.2, 0) is 0 Å². The van der Waals surface area contributed by atoms with Gasteiger partial charge in [-0.25, -0.2) is 0 Å². The van der Waals surface area contributed by atoms with Crippen molar-refractivity contribution in [3.8, 4) is 0 Å². The molecule has 1 aliphatic heterocycles. The highest BCUT2D eigenvalue weighted by atomic mass is 15.2. The molecule has 2 saturated carbocycles. The van der Waals surface area contributed by atoms with Crippen LogP contribution in [0.2, 0.25) is 0 Å². The first-order valence-electron chi connectivity index (χ1n) is 7.67. The quantitative estimate of drug-likeness (QED) is 0.753. The van der Waals surface area contributed by atoms with Gasteiger partial charge in [0.2, 0.25) is 0 Å². The lowest BCUT2D eigenvalue weighted by molar-refractivity contribution is 0.366.